The number of amides is 1. The Morgan fingerprint density at radius 1 is 1.14 bits per heavy atom. The van der Waals surface area contributed by atoms with E-state index >= 15 is 0 Å². The summed E-state index contributed by atoms with van der Waals surface area (Å²) in [5.41, 5.74) is 5.86. The summed E-state index contributed by atoms with van der Waals surface area (Å²) >= 11 is 3.15. The number of nitrogens with two attached hydrogens (primary N) is 1. The highest BCUT2D eigenvalue weighted by Gasteiger charge is 2.31. The third-order valence-corrected chi connectivity index (χ3v) is 9.69. The highest BCUT2D eigenvalue weighted by molar-refractivity contribution is 8.00. The molecule has 226 valence electrons. The Kier molecular flexibility index (Phi) is 8.54. The lowest BCUT2D eigenvalue weighted by molar-refractivity contribution is 0.0991. The number of anilines is 2. The van der Waals surface area contributed by atoms with Crippen LogP contribution in [0.2, 0.25) is 0 Å². The number of nitrogen functional groups attached to an aromatic ring is 1. The highest BCUT2D eigenvalue weighted by atomic mass is 32.2. The molecule has 0 saturated carbocycles. The Labute approximate surface area is 255 Å². The van der Waals surface area contributed by atoms with Crippen molar-refractivity contribution in [1.29, 1.82) is 0 Å². The second kappa shape index (κ2) is 12.7. The molecule has 1 amide bonds. The van der Waals surface area contributed by atoms with Crippen molar-refractivity contribution in [2.75, 3.05) is 51.5 Å². The molecule has 2 atom stereocenters. The summed E-state index contributed by atoms with van der Waals surface area (Å²) in [5, 5.41) is 16.5. The minimum absolute atomic E-state index is 0.0294. The molecule has 0 radical (unpaired) electrons. The zero-order chi connectivity index (χ0) is 29.9. The number of carbonyl (C=O) groups excluding carboxylic acids is 1. The van der Waals surface area contributed by atoms with Crippen LogP contribution in [-0.2, 0) is 0 Å². The molecular weight excluding hydrogens is 594 g/mol. The molecule has 43 heavy (non-hydrogen) atoms. The van der Waals surface area contributed by atoms with Crippen molar-refractivity contribution in [2.45, 2.75) is 29.8 Å². The van der Waals surface area contributed by atoms with E-state index in [0.717, 1.165) is 24.4 Å². The molecule has 2 bridgehead atoms. The predicted molar refractivity (Wildman–Crippen MR) is 164 cm³/mol. The lowest BCUT2D eigenvalue weighted by Crippen LogP contribution is -2.46. The summed E-state index contributed by atoms with van der Waals surface area (Å²) in [5.74, 6) is 0.260. The summed E-state index contributed by atoms with van der Waals surface area (Å²) in [6.07, 6.45) is 5.28. The van der Waals surface area contributed by atoms with Gasteiger partial charge in [0.05, 0.1) is 26.0 Å². The van der Waals surface area contributed by atoms with Gasteiger partial charge in [0.1, 0.15) is 23.9 Å². The summed E-state index contributed by atoms with van der Waals surface area (Å²) in [6.45, 7) is 2.95. The van der Waals surface area contributed by atoms with Crippen molar-refractivity contribution in [3.05, 3.63) is 52.7 Å². The van der Waals surface area contributed by atoms with E-state index in [1.807, 2.05) is 0 Å². The fourth-order valence-electron chi connectivity index (χ4n) is 5.38. The molecule has 0 aliphatic carbocycles. The van der Waals surface area contributed by atoms with Crippen LogP contribution in [0, 0.1) is 0 Å². The molecule has 2 aliphatic rings. The van der Waals surface area contributed by atoms with Crippen molar-refractivity contribution in [3.8, 4) is 33.5 Å². The van der Waals surface area contributed by atoms with Gasteiger partial charge >= 0.3 is 5.63 Å². The van der Waals surface area contributed by atoms with Gasteiger partial charge in [0.15, 0.2) is 5.76 Å². The van der Waals surface area contributed by atoms with E-state index in [4.69, 9.17) is 24.4 Å². The Morgan fingerprint density at radius 2 is 1.88 bits per heavy atom. The monoisotopic (exact) mass is 625 g/mol. The quantitative estimate of drug-likeness (QED) is 0.264. The van der Waals surface area contributed by atoms with E-state index in [2.05, 4.69) is 37.3 Å². The van der Waals surface area contributed by atoms with E-state index in [1.54, 1.807) is 24.3 Å². The maximum absolute atomic E-state index is 13.4. The first-order valence-electron chi connectivity index (χ1n) is 13.8. The zero-order valence-corrected chi connectivity index (χ0v) is 25.3. The molecule has 2 fully saturated rings. The number of aromatic nitrogens is 4. The van der Waals surface area contributed by atoms with Crippen LogP contribution in [0.5, 0.6) is 17.2 Å². The predicted octanol–water partition coefficient (Wildman–Crippen LogP) is 3.54. The first kappa shape index (κ1) is 29.0. The third-order valence-electron chi connectivity index (χ3n) is 7.33. The minimum Gasteiger partial charge on any atom is -0.496 e. The van der Waals surface area contributed by atoms with Gasteiger partial charge in [-0.2, -0.15) is 21.5 Å². The van der Waals surface area contributed by atoms with Gasteiger partial charge in [-0.05, 0) is 31.0 Å². The average Bonchev–Trinajstić information content (AvgIpc) is 3.65. The largest absolute Gasteiger partial charge is 0.496 e. The molecule has 2 saturated heterocycles. The molecule has 3 aromatic heterocycles. The van der Waals surface area contributed by atoms with Gasteiger partial charge < -0.3 is 24.4 Å². The molecular formula is C28H31N7O6S2. The number of carbonyl (C=O) groups is 1. The molecule has 2 unspecified atom stereocenters. The van der Waals surface area contributed by atoms with Crippen LogP contribution in [0.4, 0.5) is 10.9 Å². The van der Waals surface area contributed by atoms with Gasteiger partial charge in [-0.1, -0.05) is 23.8 Å². The molecule has 3 N–H and O–H groups in total. The second-order valence-electron chi connectivity index (χ2n) is 10.1. The second-order valence-corrected chi connectivity index (χ2v) is 12.7. The third kappa shape index (κ3) is 6.19. The lowest BCUT2D eigenvalue weighted by atomic mass is 10.0. The van der Waals surface area contributed by atoms with Gasteiger partial charge in [-0.15, -0.1) is 10.2 Å². The summed E-state index contributed by atoms with van der Waals surface area (Å²) in [6, 6.07) is 8.31. The topological polar surface area (TPSA) is 160 Å². The standard InChI is InChI=1S/C28H31N7O6S2/c1-38-19-7-4-8-20(39-2)23(19)18-13-21(25(36)31-27-32-33-28(43-27)35-22(29)9-10-30-35)41-26(37)24(18)40-12-11-34-14-16-5-3-6-17(15-34)42-16/h4,7-10,13,16-17H,3,5-6,11-12,14-15,29H2,1-2H3,(H,31,32,36). The summed E-state index contributed by atoms with van der Waals surface area (Å²) < 4.78 is 24.2. The molecule has 5 heterocycles. The summed E-state index contributed by atoms with van der Waals surface area (Å²) in [7, 11) is 3.03. The molecule has 2 aliphatic heterocycles. The number of benzene rings is 1. The van der Waals surface area contributed by atoms with Crippen molar-refractivity contribution >= 4 is 40.0 Å². The smallest absolute Gasteiger partial charge is 0.379 e. The molecule has 13 nitrogen and oxygen atoms in total. The van der Waals surface area contributed by atoms with Crippen LogP contribution in [0.1, 0.15) is 29.8 Å². The SMILES string of the molecule is COc1cccc(OC)c1-c1cc(C(=O)Nc2nnc(-n3nccc3N)s2)oc(=O)c1OCCN1CC2CCCC(C1)S2. The van der Waals surface area contributed by atoms with Gasteiger partial charge in [0.25, 0.3) is 5.91 Å². The van der Waals surface area contributed by atoms with Crippen LogP contribution >= 0.6 is 23.1 Å². The average molecular weight is 626 g/mol. The normalized spacial score (nSPS) is 18.3. The molecule has 15 heteroatoms. The van der Waals surface area contributed by atoms with Gasteiger partial charge in [-0.3, -0.25) is 15.0 Å². The van der Waals surface area contributed by atoms with Gasteiger partial charge in [0, 0.05) is 41.8 Å². The number of nitrogens with zero attached hydrogens (tertiary/aromatic N) is 5. The number of rotatable bonds is 10. The Hall–Kier alpha value is -4.08. The first-order chi connectivity index (χ1) is 20.9. The van der Waals surface area contributed by atoms with Crippen LogP contribution in [0.25, 0.3) is 16.3 Å². The lowest BCUT2D eigenvalue weighted by Gasteiger charge is -2.40. The van der Waals surface area contributed by atoms with Crippen LogP contribution in [-0.4, -0.2) is 81.7 Å². The number of nitrogens with one attached hydrogen (secondary N) is 1. The van der Waals surface area contributed by atoms with Crippen LogP contribution in [0.3, 0.4) is 0 Å². The van der Waals surface area contributed by atoms with E-state index < -0.39 is 11.5 Å². The minimum atomic E-state index is -0.802. The number of methoxy groups -OCH3 is 2. The van der Waals surface area contributed by atoms with E-state index in [1.165, 1.54) is 50.4 Å². The Balaban J connectivity index is 1.28. The number of likely N-dealkylation sites (tertiary alicyclic amines) is 1. The maximum Gasteiger partial charge on any atom is 0.379 e. The fraction of sp³-hybridized carbons (Fsp3) is 0.393. The molecule has 4 aromatic rings. The fourth-order valence-corrected chi connectivity index (χ4v) is 7.84. The molecule has 6 rings (SSSR count). The van der Waals surface area contributed by atoms with E-state index in [9.17, 15) is 9.59 Å². The van der Waals surface area contributed by atoms with Gasteiger partial charge in [0.2, 0.25) is 16.0 Å². The molecule has 1 aromatic carbocycles. The number of fused-ring (bicyclic) bond motifs is 2. The highest BCUT2D eigenvalue weighted by Crippen LogP contribution is 2.42. The van der Waals surface area contributed by atoms with Crippen molar-refractivity contribution < 1.29 is 23.4 Å². The van der Waals surface area contributed by atoms with E-state index in [0.29, 0.717) is 50.6 Å². The first-order valence-corrected chi connectivity index (χ1v) is 15.5. The Morgan fingerprint density at radius 3 is 2.56 bits per heavy atom. The van der Waals surface area contributed by atoms with Gasteiger partial charge in [-0.25, -0.2) is 4.79 Å². The number of ether oxygens (including phenoxy) is 3. The molecule has 0 spiro atoms. The van der Waals surface area contributed by atoms with Crippen molar-refractivity contribution in [2.24, 2.45) is 0 Å². The summed E-state index contributed by atoms with van der Waals surface area (Å²) in [4.78, 5) is 29.1. The zero-order valence-electron chi connectivity index (χ0n) is 23.6. The van der Waals surface area contributed by atoms with Crippen LogP contribution in [0.15, 0.2) is 45.7 Å². The number of thioether (sulfide) groups is 1. The van der Waals surface area contributed by atoms with Crippen LogP contribution < -0.4 is 30.9 Å². The van der Waals surface area contributed by atoms with Crippen molar-refractivity contribution in [3.63, 3.8) is 0 Å². The Bertz CT molecular complexity index is 1640. The maximum atomic E-state index is 13.4. The van der Waals surface area contributed by atoms with E-state index in [-0.39, 0.29) is 23.2 Å². The van der Waals surface area contributed by atoms with Crippen molar-refractivity contribution in [1.82, 2.24) is 24.9 Å². The number of hydrogen-bond acceptors (Lipinski definition) is 13. The number of hydrogen-bond donors (Lipinski definition) is 2.